The molecule has 2 aromatic carbocycles. The number of ether oxygens (including phenoxy) is 2. The fourth-order valence-electron chi connectivity index (χ4n) is 2.20. The molecule has 0 saturated heterocycles. The summed E-state index contributed by atoms with van der Waals surface area (Å²) in [7, 11) is 1.34. The molecule has 0 radical (unpaired) electrons. The van der Waals surface area contributed by atoms with Gasteiger partial charge in [0.15, 0.2) is 0 Å². The third-order valence-corrected chi connectivity index (χ3v) is 4.68. The van der Waals surface area contributed by atoms with Gasteiger partial charge in [-0.25, -0.2) is 0 Å². The predicted molar refractivity (Wildman–Crippen MR) is 98.4 cm³/mol. The molecule has 0 aliphatic rings. The van der Waals surface area contributed by atoms with Crippen LogP contribution in [0.2, 0.25) is 0 Å². The molecule has 2 N–H and O–H groups in total. The van der Waals surface area contributed by atoms with E-state index in [2.05, 4.69) is 22.6 Å². The quantitative estimate of drug-likeness (QED) is 0.571. The summed E-state index contributed by atoms with van der Waals surface area (Å²) in [5.41, 5.74) is 9.02. The topological polar surface area (TPSA) is 61.5 Å². The average Bonchev–Trinajstić information content (AvgIpc) is 2.56. The third-order valence-electron chi connectivity index (χ3n) is 3.52. The number of rotatable bonds is 6. The Kier molecular flexibility index (Phi) is 6.41. The summed E-state index contributed by atoms with van der Waals surface area (Å²) >= 11 is 2.27. The van der Waals surface area contributed by atoms with Gasteiger partial charge in [-0.2, -0.15) is 0 Å². The van der Waals surface area contributed by atoms with Crippen molar-refractivity contribution in [2.24, 2.45) is 5.73 Å². The van der Waals surface area contributed by atoms with Gasteiger partial charge in [0.2, 0.25) is 0 Å². The lowest BCUT2D eigenvalue weighted by atomic mass is 10.0. The number of carbonyl (C=O) groups excluding carboxylic acids is 1. The van der Waals surface area contributed by atoms with Crippen LogP contribution in [0.5, 0.6) is 5.75 Å². The van der Waals surface area contributed by atoms with Crippen molar-refractivity contribution in [3.05, 3.63) is 62.7 Å². The zero-order valence-corrected chi connectivity index (χ0v) is 15.4. The summed E-state index contributed by atoms with van der Waals surface area (Å²) in [6.07, 6.45) is 0.382. The van der Waals surface area contributed by atoms with Gasteiger partial charge in [-0.1, -0.05) is 30.3 Å². The Bertz CT molecular complexity index is 673. The highest BCUT2D eigenvalue weighted by molar-refractivity contribution is 14.1. The molecule has 1 atom stereocenters. The minimum atomic E-state index is -0.697. The van der Waals surface area contributed by atoms with Gasteiger partial charge in [0, 0.05) is 9.99 Å². The molecule has 2 rings (SSSR count). The molecule has 23 heavy (non-hydrogen) atoms. The second-order valence-electron chi connectivity index (χ2n) is 5.32. The molecule has 0 aliphatic carbocycles. The molecule has 122 valence electrons. The van der Waals surface area contributed by atoms with E-state index in [0.29, 0.717) is 13.0 Å². The molecule has 4 nitrogen and oxygen atoms in total. The average molecular weight is 425 g/mol. The minimum absolute atomic E-state index is 0.382. The van der Waals surface area contributed by atoms with Gasteiger partial charge < -0.3 is 15.2 Å². The minimum Gasteiger partial charge on any atom is -0.489 e. The van der Waals surface area contributed by atoms with Crippen LogP contribution in [0.3, 0.4) is 0 Å². The van der Waals surface area contributed by atoms with Gasteiger partial charge in [0.1, 0.15) is 18.4 Å². The van der Waals surface area contributed by atoms with E-state index in [9.17, 15) is 4.79 Å². The van der Waals surface area contributed by atoms with Crippen molar-refractivity contribution in [3.63, 3.8) is 0 Å². The first-order valence-corrected chi connectivity index (χ1v) is 8.38. The van der Waals surface area contributed by atoms with Crippen molar-refractivity contribution in [1.29, 1.82) is 0 Å². The molecule has 5 heteroatoms. The Morgan fingerprint density at radius 2 is 1.96 bits per heavy atom. The van der Waals surface area contributed by atoms with E-state index in [1.165, 1.54) is 7.11 Å². The van der Waals surface area contributed by atoms with Crippen molar-refractivity contribution in [1.82, 2.24) is 0 Å². The van der Waals surface area contributed by atoms with Crippen LogP contribution >= 0.6 is 22.6 Å². The van der Waals surface area contributed by atoms with E-state index in [-0.39, 0.29) is 0 Å². The van der Waals surface area contributed by atoms with Crippen molar-refractivity contribution in [2.45, 2.75) is 26.0 Å². The number of aryl methyl sites for hydroxylation is 1. The number of carbonyl (C=O) groups is 1. The first-order valence-electron chi connectivity index (χ1n) is 7.30. The monoisotopic (exact) mass is 425 g/mol. The second kappa shape index (κ2) is 8.31. The first-order chi connectivity index (χ1) is 11.0. The molecule has 0 aliphatic heterocycles. The molecule has 2 aromatic rings. The van der Waals surface area contributed by atoms with Crippen molar-refractivity contribution >= 4 is 28.6 Å². The summed E-state index contributed by atoms with van der Waals surface area (Å²) in [5, 5.41) is 0. The van der Waals surface area contributed by atoms with Crippen LogP contribution in [0.15, 0.2) is 42.5 Å². The highest BCUT2D eigenvalue weighted by atomic mass is 127. The first kappa shape index (κ1) is 17.7. The summed E-state index contributed by atoms with van der Waals surface area (Å²) in [5.74, 6) is 0.334. The Labute approximate surface area is 150 Å². The van der Waals surface area contributed by atoms with E-state index in [4.69, 9.17) is 15.2 Å². The summed E-state index contributed by atoms with van der Waals surface area (Å²) in [4.78, 5) is 11.6. The van der Waals surface area contributed by atoms with Crippen molar-refractivity contribution < 1.29 is 14.3 Å². The summed E-state index contributed by atoms with van der Waals surface area (Å²) in [6.45, 7) is 2.50. The van der Waals surface area contributed by atoms with E-state index >= 15 is 0 Å². The van der Waals surface area contributed by atoms with Crippen LogP contribution < -0.4 is 10.5 Å². The number of benzene rings is 2. The Morgan fingerprint density at radius 1 is 1.26 bits per heavy atom. The van der Waals surface area contributed by atoms with Gasteiger partial charge in [-0.05, 0) is 58.3 Å². The van der Waals surface area contributed by atoms with Gasteiger partial charge >= 0.3 is 5.97 Å². The molecule has 0 unspecified atom stereocenters. The van der Waals surface area contributed by atoms with Crippen LogP contribution in [0, 0.1) is 10.5 Å². The molecule has 0 bridgehead atoms. The van der Waals surface area contributed by atoms with Crippen LogP contribution in [0.25, 0.3) is 0 Å². The van der Waals surface area contributed by atoms with Crippen molar-refractivity contribution in [2.75, 3.05) is 7.11 Å². The van der Waals surface area contributed by atoms with Gasteiger partial charge in [-0.3, -0.25) is 4.79 Å². The zero-order valence-electron chi connectivity index (χ0n) is 13.2. The van der Waals surface area contributed by atoms with Crippen LogP contribution in [-0.2, 0) is 22.6 Å². The largest absolute Gasteiger partial charge is 0.489 e. The fraction of sp³-hybridized carbons (Fsp3) is 0.278. The standard InChI is InChI=1S/C18H20INO3/c1-12-8-17(23-11-13-6-4-3-5-7-13)14(9-15(12)19)10-16(20)18(21)22-2/h3-9,16H,10-11,20H2,1-2H3/t16-/m0/s1. The fourth-order valence-corrected chi connectivity index (χ4v) is 2.73. The maximum Gasteiger partial charge on any atom is 0.322 e. The Balaban J connectivity index is 2.19. The number of esters is 1. The highest BCUT2D eigenvalue weighted by Crippen LogP contribution is 2.26. The molecule has 0 fully saturated rings. The van der Waals surface area contributed by atoms with Gasteiger partial charge in [0.25, 0.3) is 0 Å². The van der Waals surface area contributed by atoms with E-state index in [0.717, 1.165) is 26.0 Å². The highest BCUT2D eigenvalue weighted by Gasteiger charge is 2.18. The Hall–Kier alpha value is -1.60. The molecular formula is C18H20INO3. The zero-order chi connectivity index (χ0) is 16.8. The molecular weight excluding hydrogens is 405 g/mol. The van der Waals surface area contributed by atoms with Crippen LogP contribution in [0.1, 0.15) is 16.7 Å². The van der Waals surface area contributed by atoms with Gasteiger partial charge in [0.05, 0.1) is 7.11 Å². The van der Waals surface area contributed by atoms with E-state index in [1.54, 1.807) is 0 Å². The van der Waals surface area contributed by atoms with Gasteiger partial charge in [-0.15, -0.1) is 0 Å². The lowest BCUT2D eigenvalue weighted by molar-refractivity contribution is -0.142. The smallest absolute Gasteiger partial charge is 0.322 e. The summed E-state index contributed by atoms with van der Waals surface area (Å²) in [6, 6.07) is 13.3. The van der Waals surface area contributed by atoms with Crippen LogP contribution in [-0.4, -0.2) is 19.1 Å². The number of methoxy groups -OCH3 is 1. The third kappa shape index (κ3) is 4.94. The lowest BCUT2D eigenvalue weighted by Gasteiger charge is -2.16. The van der Waals surface area contributed by atoms with Crippen LogP contribution in [0.4, 0.5) is 0 Å². The molecule has 0 saturated carbocycles. The number of halogens is 1. The molecule has 0 heterocycles. The normalized spacial score (nSPS) is 11.8. The second-order valence-corrected chi connectivity index (χ2v) is 6.48. The number of hydrogen-bond acceptors (Lipinski definition) is 4. The summed E-state index contributed by atoms with van der Waals surface area (Å²) < 4.78 is 11.8. The maximum absolute atomic E-state index is 11.6. The number of hydrogen-bond donors (Lipinski definition) is 1. The molecule has 0 aromatic heterocycles. The molecule has 0 spiro atoms. The molecule has 0 amide bonds. The van der Waals surface area contributed by atoms with E-state index < -0.39 is 12.0 Å². The maximum atomic E-state index is 11.6. The van der Waals surface area contributed by atoms with E-state index in [1.807, 2.05) is 49.4 Å². The number of nitrogens with two attached hydrogens (primary N) is 1. The Morgan fingerprint density at radius 3 is 2.61 bits per heavy atom. The van der Waals surface area contributed by atoms with Crippen molar-refractivity contribution in [3.8, 4) is 5.75 Å². The lowest BCUT2D eigenvalue weighted by Crippen LogP contribution is -2.33. The SMILES string of the molecule is COC(=O)[C@@H](N)Cc1cc(I)c(C)cc1OCc1ccccc1. The predicted octanol–water partition coefficient (Wildman–Crippen LogP) is 3.22.